The molecule has 2 atom stereocenters. The number of unbranched alkanes of at least 4 members (excludes halogenated alkanes) is 1. The lowest BCUT2D eigenvalue weighted by Gasteiger charge is -2.14. The summed E-state index contributed by atoms with van der Waals surface area (Å²) in [5, 5.41) is 30.6. The van der Waals surface area contributed by atoms with Crippen LogP contribution in [0.5, 0.6) is 5.75 Å². The number of aromatic hydroxyl groups is 1. The molecule has 0 saturated heterocycles. The van der Waals surface area contributed by atoms with Crippen LogP contribution < -0.4 is 5.32 Å². The molecule has 0 spiro atoms. The fraction of sp³-hybridized carbons (Fsp3) is 0.625. The van der Waals surface area contributed by atoms with Crippen molar-refractivity contribution < 1.29 is 15.3 Å². The molecule has 1 aromatic carbocycles. The van der Waals surface area contributed by atoms with Crippen molar-refractivity contribution in [2.75, 3.05) is 13.2 Å². The zero-order valence-electron chi connectivity index (χ0n) is 12.3. The Balaban J connectivity index is 2.05. The lowest BCUT2D eigenvalue weighted by Crippen LogP contribution is -2.27. The maximum Gasteiger partial charge on any atom is 0.115 e. The van der Waals surface area contributed by atoms with Crippen molar-refractivity contribution in [3.05, 3.63) is 29.8 Å². The van der Waals surface area contributed by atoms with Crippen molar-refractivity contribution in [3.63, 3.8) is 0 Å². The second-order valence-electron chi connectivity index (χ2n) is 5.39. The molecule has 0 aliphatic carbocycles. The Bertz CT molecular complexity index is 353. The molecule has 1 aromatic rings. The summed E-state index contributed by atoms with van der Waals surface area (Å²) in [6, 6.07) is 7.81. The molecule has 0 bridgehead atoms. The van der Waals surface area contributed by atoms with Crippen LogP contribution in [0.15, 0.2) is 24.3 Å². The summed E-state index contributed by atoms with van der Waals surface area (Å²) in [6.07, 6.45) is 4.10. The van der Waals surface area contributed by atoms with E-state index in [-0.39, 0.29) is 6.61 Å². The van der Waals surface area contributed by atoms with E-state index in [9.17, 15) is 10.2 Å². The molecule has 20 heavy (non-hydrogen) atoms. The van der Waals surface area contributed by atoms with Crippen molar-refractivity contribution >= 4 is 0 Å². The van der Waals surface area contributed by atoms with Gasteiger partial charge in [0.15, 0.2) is 0 Å². The van der Waals surface area contributed by atoms with Gasteiger partial charge in [-0.25, -0.2) is 0 Å². The molecule has 4 N–H and O–H groups in total. The van der Waals surface area contributed by atoms with Gasteiger partial charge >= 0.3 is 0 Å². The average Bonchev–Trinajstić information content (AvgIpc) is 2.46. The van der Waals surface area contributed by atoms with Gasteiger partial charge in [-0.05, 0) is 63.3 Å². The van der Waals surface area contributed by atoms with Gasteiger partial charge in [-0.3, -0.25) is 0 Å². The number of aliphatic hydroxyl groups excluding tert-OH is 2. The van der Waals surface area contributed by atoms with E-state index >= 15 is 0 Å². The van der Waals surface area contributed by atoms with Crippen LogP contribution in [-0.4, -0.2) is 40.6 Å². The Morgan fingerprint density at radius 2 is 1.80 bits per heavy atom. The molecule has 0 aromatic heterocycles. The highest BCUT2D eigenvalue weighted by molar-refractivity contribution is 5.25. The molecule has 4 heteroatoms. The Morgan fingerprint density at radius 1 is 1.10 bits per heavy atom. The highest BCUT2D eigenvalue weighted by Crippen LogP contribution is 2.12. The minimum atomic E-state index is -0.568. The van der Waals surface area contributed by atoms with Crippen molar-refractivity contribution in [3.8, 4) is 5.75 Å². The van der Waals surface area contributed by atoms with Gasteiger partial charge in [0.1, 0.15) is 5.75 Å². The second kappa shape index (κ2) is 9.75. The highest BCUT2D eigenvalue weighted by atomic mass is 16.3. The van der Waals surface area contributed by atoms with Gasteiger partial charge in [-0.2, -0.15) is 0 Å². The Morgan fingerprint density at radius 3 is 2.45 bits per heavy atom. The average molecular weight is 281 g/mol. The van der Waals surface area contributed by atoms with Gasteiger partial charge in [-0.15, -0.1) is 0 Å². The monoisotopic (exact) mass is 281 g/mol. The largest absolute Gasteiger partial charge is 0.508 e. The first kappa shape index (κ1) is 17.0. The predicted molar refractivity (Wildman–Crippen MR) is 80.8 cm³/mol. The zero-order chi connectivity index (χ0) is 14.8. The summed E-state index contributed by atoms with van der Waals surface area (Å²) in [5.74, 6) is 0.310. The van der Waals surface area contributed by atoms with E-state index in [1.165, 1.54) is 5.56 Å². The fourth-order valence-electron chi connectivity index (χ4n) is 2.09. The Hall–Kier alpha value is -1.10. The first-order chi connectivity index (χ1) is 9.61. The van der Waals surface area contributed by atoms with E-state index in [1.807, 2.05) is 12.1 Å². The Kier molecular flexibility index (Phi) is 8.26. The maximum absolute atomic E-state index is 9.21. The fourth-order valence-corrected chi connectivity index (χ4v) is 2.09. The van der Waals surface area contributed by atoms with E-state index in [1.54, 1.807) is 12.1 Å². The normalized spacial score (nSPS) is 14.2. The summed E-state index contributed by atoms with van der Waals surface area (Å²) in [7, 11) is 0. The van der Waals surface area contributed by atoms with Gasteiger partial charge in [0, 0.05) is 6.04 Å². The van der Waals surface area contributed by atoms with Crippen LogP contribution in [0.3, 0.4) is 0 Å². The summed E-state index contributed by atoms with van der Waals surface area (Å²) in [6.45, 7) is 2.97. The number of aliphatic hydroxyl groups is 2. The topological polar surface area (TPSA) is 72.7 Å². The van der Waals surface area contributed by atoms with Crippen LogP contribution in [0, 0.1) is 0 Å². The number of rotatable bonds is 10. The maximum atomic E-state index is 9.21. The minimum absolute atomic E-state index is 0.142. The first-order valence-electron chi connectivity index (χ1n) is 7.42. The van der Waals surface area contributed by atoms with E-state index in [4.69, 9.17) is 5.11 Å². The lowest BCUT2D eigenvalue weighted by molar-refractivity contribution is 0.0861. The SMILES string of the molecule is C[C@H](CCc1ccc(O)cc1)NCCCCC(O)CO. The molecule has 0 amide bonds. The number of nitrogens with one attached hydrogen (secondary N) is 1. The van der Waals surface area contributed by atoms with Crippen LogP contribution in [0.2, 0.25) is 0 Å². The van der Waals surface area contributed by atoms with Crippen LogP contribution in [0.4, 0.5) is 0 Å². The molecule has 0 aliphatic heterocycles. The van der Waals surface area contributed by atoms with E-state index in [0.29, 0.717) is 18.2 Å². The number of benzene rings is 1. The number of phenolic OH excluding ortho intramolecular Hbond substituents is 1. The molecule has 1 unspecified atom stereocenters. The number of aryl methyl sites for hydroxylation is 1. The van der Waals surface area contributed by atoms with Crippen LogP contribution >= 0.6 is 0 Å². The third-order valence-corrected chi connectivity index (χ3v) is 3.47. The molecule has 4 nitrogen and oxygen atoms in total. The van der Waals surface area contributed by atoms with E-state index in [2.05, 4.69) is 12.2 Å². The van der Waals surface area contributed by atoms with Crippen molar-refractivity contribution in [1.29, 1.82) is 0 Å². The number of hydrogen-bond acceptors (Lipinski definition) is 4. The van der Waals surface area contributed by atoms with Gasteiger partial charge < -0.3 is 20.6 Å². The highest BCUT2D eigenvalue weighted by Gasteiger charge is 2.04. The molecular weight excluding hydrogens is 254 g/mol. The summed E-state index contributed by atoms with van der Waals surface area (Å²) in [4.78, 5) is 0. The third-order valence-electron chi connectivity index (χ3n) is 3.47. The van der Waals surface area contributed by atoms with Crippen LogP contribution in [0.1, 0.15) is 38.2 Å². The smallest absolute Gasteiger partial charge is 0.115 e. The molecule has 0 aliphatic rings. The molecule has 0 fully saturated rings. The predicted octanol–water partition coefficient (Wildman–Crippen LogP) is 1.83. The molecule has 0 radical (unpaired) electrons. The lowest BCUT2D eigenvalue weighted by atomic mass is 10.1. The van der Waals surface area contributed by atoms with E-state index < -0.39 is 6.10 Å². The molecule has 0 heterocycles. The van der Waals surface area contributed by atoms with Gasteiger partial charge in [-0.1, -0.05) is 12.1 Å². The Labute approximate surface area is 121 Å². The summed E-state index contributed by atoms with van der Waals surface area (Å²) >= 11 is 0. The number of hydrogen-bond donors (Lipinski definition) is 4. The van der Waals surface area contributed by atoms with Gasteiger partial charge in [0.25, 0.3) is 0 Å². The zero-order valence-corrected chi connectivity index (χ0v) is 12.3. The minimum Gasteiger partial charge on any atom is -0.508 e. The van der Waals surface area contributed by atoms with Crippen molar-refractivity contribution in [2.24, 2.45) is 0 Å². The summed E-state index contributed by atoms with van der Waals surface area (Å²) in [5.41, 5.74) is 1.24. The first-order valence-corrected chi connectivity index (χ1v) is 7.42. The third kappa shape index (κ3) is 7.48. The molecule has 1 rings (SSSR count). The van der Waals surface area contributed by atoms with Crippen LogP contribution in [0.25, 0.3) is 0 Å². The van der Waals surface area contributed by atoms with Crippen LogP contribution in [-0.2, 0) is 6.42 Å². The molecule has 114 valence electrons. The van der Waals surface area contributed by atoms with Gasteiger partial charge in [0.2, 0.25) is 0 Å². The molecule has 0 saturated carbocycles. The number of phenols is 1. The van der Waals surface area contributed by atoms with Crippen molar-refractivity contribution in [2.45, 2.75) is 51.2 Å². The van der Waals surface area contributed by atoms with Crippen molar-refractivity contribution in [1.82, 2.24) is 5.32 Å². The second-order valence-corrected chi connectivity index (χ2v) is 5.39. The quantitative estimate of drug-likeness (QED) is 0.494. The molecular formula is C16H27NO3. The standard InChI is InChI=1S/C16H27NO3/c1-13(17-11-3-2-4-16(20)12-18)5-6-14-7-9-15(19)10-8-14/h7-10,13,16-20H,2-6,11-12H2,1H3/t13-,16?/m1/s1. The van der Waals surface area contributed by atoms with E-state index in [0.717, 1.165) is 32.2 Å². The van der Waals surface area contributed by atoms with Gasteiger partial charge in [0.05, 0.1) is 12.7 Å². The summed E-state index contributed by atoms with van der Waals surface area (Å²) < 4.78 is 0.